The van der Waals surface area contributed by atoms with Gasteiger partial charge in [-0.05, 0) is 75.4 Å². The van der Waals surface area contributed by atoms with Gasteiger partial charge in [0.15, 0.2) is 6.29 Å². The second-order valence-electron chi connectivity index (χ2n) is 13.1. The standard InChI is InChI=1S/C40H44N6O7S/c47-25-27-11-13-29(14-12-27)36-23-34(26-54-40-42-44-45-46(40)32-19-21-33(48)22-20-32)52-39(53-36)30-17-15-28(16-18-30)35-8-6-5-7-31(35)24-41-37(49)9-3-1-2-4-10-38(50)43-51/h5-8,11-22,34,36,39,47-48,51H,1-4,9-10,23-26H2,(H,41,49)(H,43,50). The summed E-state index contributed by atoms with van der Waals surface area (Å²) < 4.78 is 14.8. The molecule has 13 nitrogen and oxygen atoms in total. The zero-order valence-electron chi connectivity index (χ0n) is 29.7. The minimum Gasteiger partial charge on any atom is -0.508 e. The van der Waals surface area contributed by atoms with Crippen molar-refractivity contribution in [2.75, 3.05) is 5.75 Å². The van der Waals surface area contributed by atoms with Gasteiger partial charge >= 0.3 is 0 Å². The number of benzene rings is 4. The second-order valence-corrected chi connectivity index (χ2v) is 14.0. The maximum absolute atomic E-state index is 12.6. The number of nitrogens with zero attached hydrogens (tertiary/aromatic N) is 4. The van der Waals surface area contributed by atoms with Gasteiger partial charge in [-0.2, -0.15) is 4.68 Å². The third-order valence-corrected chi connectivity index (χ3v) is 10.3. The summed E-state index contributed by atoms with van der Waals surface area (Å²) in [6.07, 6.45) is 3.22. The summed E-state index contributed by atoms with van der Waals surface area (Å²) in [5.74, 6) is 0.303. The summed E-state index contributed by atoms with van der Waals surface area (Å²) in [6.45, 7) is 0.360. The number of hydrogen-bond acceptors (Lipinski definition) is 11. The summed E-state index contributed by atoms with van der Waals surface area (Å²) in [4.78, 5) is 23.7. The van der Waals surface area contributed by atoms with Gasteiger partial charge in [-0.25, -0.2) is 5.48 Å². The molecular weight excluding hydrogens is 709 g/mol. The topological polar surface area (TPSA) is 181 Å². The van der Waals surface area contributed by atoms with Crippen LogP contribution in [0.4, 0.5) is 0 Å². The smallest absolute Gasteiger partial charge is 0.243 e. The predicted octanol–water partition coefficient (Wildman–Crippen LogP) is 6.33. The average Bonchev–Trinajstić information content (AvgIpc) is 3.69. The monoisotopic (exact) mass is 752 g/mol. The summed E-state index contributed by atoms with van der Waals surface area (Å²) in [5.41, 5.74) is 8.05. The number of hydrogen-bond donors (Lipinski definition) is 5. The highest BCUT2D eigenvalue weighted by Crippen LogP contribution is 2.40. The van der Waals surface area contributed by atoms with E-state index in [1.165, 1.54) is 11.8 Å². The molecule has 1 saturated heterocycles. The number of tetrazole rings is 1. The zero-order valence-corrected chi connectivity index (χ0v) is 30.5. The van der Waals surface area contributed by atoms with Crippen LogP contribution in [0.5, 0.6) is 5.75 Å². The molecular formula is C40H44N6O7S. The van der Waals surface area contributed by atoms with E-state index in [0.717, 1.165) is 58.3 Å². The van der Waals surface area contributed by atoms with Crippen molar-refractivity contribution in [1.29, 1.82) is 0 Å². The van der Waals surface area contributed by atoms with Crippen LogP contribution in [0.2, 0.25) is 0 Å². The number of phenolic OH excluding ortho intramolecular Hbond substituents is 1. The fourth-order valence-corrected chi connectivity index (χ4v) is 7.16. The highest BCUT2D eigenvalue weighted by atomic mass is 32.2. The lowest BCUT2D eigenvalue weighted by atomic mass is 9.97. The predicted molar refractivity (Wildman–Crippen MR) is 201 cm³/mol. The van der Waals surface area contributed by atoms with Gasteiger partial charge in [-0.15, -0.1) is 5.10 Å². The van der Waals surface area contributed by atoms with Crippen LogP contribution in [-0.2, 0) is 32.2 Å². The van der Waals surface area contributed by atoms with Gasteiger partial charge in [0.05, 0.1) is 24.5 Å². The SMILES string of the molecule is O=C(CCCCCCC(=O)NCc1ccccc1-c1ccc(C2OC(CSc3nnnn3-c3ccc(O)cc3)CC(c3ccc(CO)cc3)O2)cc1)NO. The van der Waals surface area contributed by atoms with Crippen LogP contribution in [0.3, 0.4) is 0 Å². The number of carbonyl (C=O) groups is 2. The molecule has 14 heteroatoms. The molecule has 0 aliphatic carbocycles. The third-order valence-electron chi connectivity index (χ3n) is 9.22. The Labute approximate surface area is 317 Å². The van der Waals surface area contributed by atoms with Crippen LogP contribution in [0.15, 0.2) is 102 Å². The van der Waals surface area contributed by atoms with Crippen molar-refractivity contribution in [3.05, 3.63) is 119 Å². The van der Waals surface area contributed by atoms with Gasteiger partial charge in [-0.1, -0.05) is 97.4 Å². The lowest BCUT2D eigenvalue weighted by Crippen LogP contribution is -2.31. The number of aliphatic hydroxyl groups is 1. The fraction of sp³-hybridized carbons (Fsp3) is 0.325. The molecule has 3 unspecified atom stereocenters. The summed E-state index contributed by atoms with van der Waals surface area (Å²) >= 11 is 1.48. The van der Waals surface area contributed by atoms with Crippen molar-refractivity contribution in [2.24, 2.45) is 0 Å². The van der Waals surface area contributed by atoms with E-state index in [2.05, 4.69) is 20.8 Å². The molecule has 1 aliphatic heterocycles. The lowest BCUT2D eigenvalue weighted by Gasteiger charge is -2.36. The number of aromatic nitrogens is 4. The minimum atomic E-state index is -0.643. The molecule has 0 saturated carbocycles. The molecule has 54 heavy (non-hydrogen) atoms. The van der Waals surface area contributed by atoms with E-state index < -0.39 is 12.2 Å². The van der Waals surface area contributed by atoms with Crippen LogP contribution in [0.25, 0.3) is 16.8 Å². The molecule has 5 N–H and O–H groups in total. The van der Waals surface area contributed by atoms with E-state index in [1.54, 1.807) is 34.4 Å². The van der Waals surface area contributed by atoms with Crippen LogP contribution in [-0.4, -0.2) is 59.3 Å². The third kappa shape index (κ3) is 10.5. The van der Waals surface area contributed by atoms with Crippen molar-refractivity contribution >= 4 is 23.6 Å². The normalized spacial score (nSPS) is 16.9. The number of amides is 2. The van der Waals surface area contributed by atoms with Gasteiger partial charge < -0.3 is 25.0 Å². The highest BCUT2D eigenvalue weighted by molar-refractivity contribution is 7.99. The molecule has 0 spiro atoms. The number of carbonyl (C=O) groups excluding carboxylic acids is 2. The Bertz CT molecular complexity index is 1960. The van der Waals surface area contributed by atoms with Crippen molar-refractivity contribution < 1.29 is 34.5 Å². The highest BCUT2D eigenvalue weighted by Gasteiger charge is 2.33. The quantitative estimate of drug-likeness (QED) is 0.0310. The molecule has 1 aliphatic rings. The van der Waals surface area contributed by atoms with Crippen molar-refractivity contribution in [3.8, 4) is 22.6 Å². The fourth-order valence-electron chi connectivity index (χ4n) is 6.25. The summed E-state index contributed by atoms with van der Waals surface area (Å²) in [5, 5.41) is 43.8. The number of rotatable bonds is 17. The number of aromatic hydroxyl groups is 1. The van der Waals surface area contributed by atoms with Crippen LogP contribution >= 0.6 is 11.8 Å². The number of unbranched alkanes of at least 4 members (excludes halogenated alkanes) is 3. The number of thioether (sulfide) groups is 1. The number of ether oxygens (including phenoxy) is 2. The number of phenols is 1. The molecule has 1 fully saturated rings. The molecule has 282 valence electrons. The molecule has 5 aromatic rings. The Morgan fingerprint density at radius 1 is 0.833 bits per heavy atom. The summed E-state index contributed by atoms with van der Waals surface area (Å²) in [7, 11) is 0. The molecule has 0 bridgehead atoms. The Balaban J connectivity index is 1.10. The molecule has 3 atom stereocenters. The van der Waals surface area contributed by atoms with Crippen molar-refractivity contribution in [1.82, 2.24) is 31.0 Å². The Hall–Kier alpha value is -5.12. The first-order chi connectivity index (χ1) is 26.4. The second kappa shape index (κ2) is 19.3. The molecule has 0 radical (unpaired) electrons. The van der Waals surface area contributed by atoms with Gasteiger partial charge in [0.1, 0.15) is 5.75 Å². The van der Waals surface area contributed by atoms with Crippen molar-refractivity contribution in [2.45, 2.75) is 81.8 Å². The van der Waals surface area contributed by atoms with E-state index >= 15 is 0 Å². The lowest BCUT2D eigenvalue weighted by molar-refractivity contribution is -0.245. The van der Waals surface area contributed by atoms with Crippen LogP contribution < -0.4 is 10.8 Å². The van der Waals surface area contributed by atoms with E-state index in [1.807, 2.05) is 72.8 Å². The van der Waals surface area contributed by atoms with Gasteiger partial charge in [-0.3, -0.25) is 14.8 Å². The van der Waals surface area contributed by atoms with Gasteiger partial charge in [0.2, 0.25) is 17.0 Å². The zero-order chi connectivity index (χ0) is 37.7. The van der Waals surface area contributed by atoms with E-state index in [-0.39, 0.29) is 36.9 Å². The first-order valence-corrected chi connectivity index (χ1v) is 19.0. The maximum atomic E-state index is 12.6. The largest absolute Gasteiger partial charge is 0.508 e. The Kier molecular flexibility index (Phi) is 13.8. The molecule has 2 amide bonds. The molecule has 6 rings (SSSR count). The Morgan fingerprint density at radius 3 is 2.26 bits per heavy atom. The van der Waals surface area contributed by atoms with Gasteiger partial charge in [0.25, 0.3) is 0 Å². The minimum absolute atomic E-state index is 0.0232. The molecule has 4 aromatic carbocycles. The first-order valence-electron chi connectivity index (χ1n) is 18.0. The number of hydroxylamine groups is 1. The summed E-state index contributed by atoms with van der Waals surface area (Å²) in [6, 6.07) is 30.5. The number of nitrogens with one attached hydrogen (secondary N) is 2. The molecule has 2 heterocycles. The van der Waals surface area contributed by atoms with E-state index in [9.17, 15) is 19.8 Å². The average molecular weight is 753 g/mol. The van der Waals surface area contributed by atoms with Crippen molar-refractivity contribution in [3.63, 3.8) is 0 Å². The van der Waals surface area contributed by atoms with E-state index in [0.29, 0.717) is 36.7 Å². The van der Waals surface area contributed by atoms with E-state index in [4.69, 9.17) is 14.7 Å². The van der Waals surface area contributed by atoms with Gasteiger partial charge in [0, 0.05) is 37.1 Å². The van der Waals surface area contributed by atoms with Crippen LogP contribution in [0, 0.1) is 0 Å². The molecule has 1 aromatic heterocycles. The first kappa shape index (κ1) is 38.6. The van der Waals surface area contributed by atoms with Crippen LogP contribution in [0.1, 0.15) is 79.6 Å². The number of aliphatic hydroxyl groups excluding tert-OH is 1. The Morgan fingerprint density at radius 2 is 1.54 bits per heavy atom. The maximum Gasteiger partial charge on any atom is 0.243 e.